The van der Waals surface area contributed by atoms with Gasteiger partial charge in [0.1, 0.15) is 5.75 Å². The van der Waals surface area contributed by atoms with Crippen LogP contribution in [0.4, 0.5) is 0 Å². The minimum absolute atomic E-state index is 0.671. The van der Waals surface area contributed by atoms with E-state index in [1.165, 1.54) is 49.7 Å². The molecule has 1 saturated carbocycles. The molecule has 1 aliphatic rings. The summed E-state index contributed by atoms with van der Waals surface area (Å²) in [6.45, 7) is 5.22. The number of unbranched alkanes of at least 4 members (excludes halogenated alkanes) is 2. The minimum Gasteiger partial charge on any atom is -0.494 e. The Hall–Kier alpha value is -2.46. The Morgan fingerprint density at radius 3 is 2.30 bits per heavy atom. The lowest BCUT2D eigenvalue weighted by Gasteiger charge is -2.27. The molecule has 0 aliphatic heterocycles. The Morgan fingerprint density at radius 1 is 0.900 bits per heavy atom. The maximum absolute atomic E-state index is 5.76. The zero-order valence-electron chi connectivity index (χ0n) is 18.7. The molecule has 0 bridgehead atoms. The van der Waals surface area contributed by atoms with E-state index in [1.54, 1.807) is 0 Å². The molecule has 2 aromatic carbocycles. The van der Waals surface area contributed by atoms with Crippen LogP contribution in [0.2, 0.25) is 0 Å². The van der Waals surface area contributed by atoms with Crippen LogP contribution in [0.15, 0.2) is 60.7 Å². The number of allylic oxidation sites excluding steroid dienone is 2. The van der Waals surface area contributed by atoms with Gasteiger partial charge in [0.2, 0.25) is 0 Å². The highest BCUT2D eigenvalue weighted by molar-refractivity contribution is 5.40. The van der Waals surface area contributed by atoms with Gasteiger partial charge in [-0.1, -0.05) is 68.9 Å². The zero-order valence-corrected chi connectivity index (χ0v) is 18.7. The highest BCUT2D eigenvalue weighted by atomic mass is 16.5. The van der Waals surface area contributed by atoms with Crippen LogP contribution in [0.3, 0.4) is 0 Å². The van der Waals surface area contributed by atoms with Gasteiger partial charge in [-0.05, 0) is 91.8 Å². The largest absolute Gasteiger partial charge is 0.494 e. The molecule has 1 fully saturated rings. The number of aryl methyl sites for hydroxylation is 1. The molecule has 1 nitrogen and oxygen atoms in total. The molecule has 2 aromatic rings. The van der Waals surface area contributed by atoms with Gasteiger partial charge in [0.25, 0.3) is 0 Å². The quantitative estimate of drug-likeness (QED) is 0.326. The summed E-state index contributed by atoms with van der Waals surface area (Å²) in [4.78, 5) is 0. The van der Waals surface area contributed by atoms with E-state index in [9.17, 15) is 0 Å². The molecular weight excluding hydrogens is 364 g/mol. The topological polar surface area (TPSA) is 9.23 Å². The third-order valence-electron chi connectivity index (χ3n) is 6.17. The van der Waals surface area contributed by atoms with Crippen molar-refractivity contribution in [3.8, 4) is 17.6 Å². The lowest BCUT2D eigenvalue weighted by atomic mass is 9.78. The fourth-order valence-electron chi connectivity index (χ4n) is 4.16. The molecule has 0 spiro atoms. The molecular formula is C29H36O. The number of hydrogen-bond acceptors (Lipinski definition) is 1. The van der Waals surface area contributed by atoms with E-state index in [1.807, 2.05) is 24.3 Å². The van der Waals surface area contributed by atoms with Gasteiger partial charge in [-0.3, -0.25) is 0 Å². The van der Waals surface area contributed by atoms with Crippen LogP contribution >= 0.6 is 0 Å². The second-order valence-corrected chi connectivity index (χ2v) is 8.42. The predicted octanol–water partition coefficient (Wildman–Crippen LogP) is 7.70. The van der Waals surface area contributed by atoms with Crippen molar-refractivity contribution in [2.75, 3.05) is 6.61 Å². The predicted molar refractivity (Wildman–Crippen MR) is 128 cm³/mol. The first kappa shape index (κ1) is 22.2. The van der Waals surface area contributed by atoms with Crippen molar-refractivity contribution < 1.29 is 4.74 Å². The maximum Gasteiger partial charge on any atom is 0.119 e. The first-order chi connectivity index (χ1) is 14.8. The Labute approximate surface area is 183 Å². The second-order valence-electron chi connectivity index (χ2n) is 8.42. The smallest absolute Gasteiger partial charge is 0.119 e. The molecule has 0 aromatic heterocycles. The van der Waals surface area contributed by atoms with Crippen molar-refractivity contribution in [3.05, 3.63) is 77.4 Å². The van der Waals surface area contributed by atoms with Gasteiger partial charge in [-0.15, -0.1) is 0 Å². The Kier molecular flexibility index (Phi) is 9.10. The van der Waals surface area contributed by atoms with Gasteiger partial charge in [0.15, 0.2) is 0 Å². The van der Waals surface area contributed by atoms with Crippen LogP contribution in [0.25, 0.3) is 0 Å². The number of hydrogen-bond donors (Lipinski definition) is 0. The number of ether oxygens (including phenoxy) is 1. The molecule has 0 N–H and O–H groups in total. The summed E-state index contributed by atoms with van der Waals surface area (Å²) in [5.41, 5.74) is 4.00. The maximum atomic E-state index is 5.76. The summed E-state index contributed by atoms with van der Waals surface area (Å²) in [5, 5.41) is 0. The number of benzene rings is 2. The molecule has 1 heteroatoms. The fraction of sp³-hybridized carbons (Fsp3) is 0.448. The Bertz CT molecular complexity index is 825. The molecule has 0 radical (unpaired) electrons. The van der Waals surface area contributed by atoms with Crippen LogP contribution in [-0.2, 0) is 6.42 Å². The number of rotatable bonds is 8. The molecule has 3 rings (SSSR count). The van der Waals surface area contributed by atoms with Gasteiger partial charge in [0, 0.05) is 5.56 Å². The van der Waals surface area contributed by atoms with Gasteiger partial charge in [-0.25, -0.2) is 0 Å². The first-order valence-electron chi connectivity index (χ1n) is 11.8. The first-order valence-corrected chi connectivity index (χ1v) is 11.8. The lowest BCUT2D eigenvalue weighted by molar-refractivity contribution is 0.306. The van der Waals surface area contributed by atoms with Crippen molar-refractivity contribution in [2.45, 2.75) is 71.1 Å². The van der Waals surface area contributed by atoms with Crippen LogP contribution in [-0.4, -0.2) is 6.61 Å². The van der Waals surface area contributed by atoms with Crippen molar-refractivity contribution in [3.63, 3.8) is 0 Å². The minimum atomic E-state index is 0.671. The van der Waals surface area contributed by atoms with E-state index in [4.69, 9.17) is 4.74 Å². The second kappa shape index (κ2) is 12.3. The highest BCUT2D eigenvalue weighted by Gasteiger charge is 2.20. The van der Waals surface area contributed by atoms with Crippen LogP contribution in [0.1, 0.15) is 81.4 Å². The summed E-state index contributed by atoms with van der Waals surface area (Å²) >= 11 is 0. The molecule has 0 heterocycles. The van der Waals surface area contributed by atoms with E-state index < -0.39 is 0 Å². The van der Waals surface area contributed by atoms with E-state index >= 15 is 0 Å². The molecule has 1 aliphatic carbocycles. The monoisotopic (exact) mass is 400 g/mol. The Morgan fingerprint density at radius 2 is 1.63 bits per heavy atom. The average Bonchev–Trinajstić information content (AvgIpc) is 2.81. The fourth-order valence-corrected chi connectivity index (χ4v) is 4.16. The zero-order chi connectivity index (χ0) is 21.0. The van der Waals surface area contributed by atoms with E-state index in [0.717, 1.165) is 36.7 Å². The van der Waals surface area contributed by atoms with Crippen LogP contribution < -0.4 is 4.74 Å². The van der Waals surface area contributed by atoms with E-state index in [0.29, 0.717) is 5.92 Å². The van der Waals surface area contributed by atoms with Gasteiger partial charge in [0.05, 0.1) is 6.61 Å². The average molecular weight is 401 g/mol. The summed E-state index contributed by atoms with van der Waals surface area (Å²) < 4.78 is 5.76. The van der Waals surface area contributed by atoms with E-state index in [-0.39, 0.29) is 0 Å². The van der Waals surface area contributed by atoms with Crippen molar-refractivity contribution in [2.24, 2.45) is 5.92 Å². The molecule has 0 amide bonds. The lowest BCUT2D eigenvalue weighted by Crippen LogP contribution is -2.11. The van der Waals surface area contributed by atoms with Crippen molar-refractivity contribution in [1.29, 1.82) is 0 Å². The van der Waals surface area contributed by atoms with E-state index in [2.05, 4.69) is 62.1 Å². The molecule has 30 heavy (non-hydrogen) atoms. The summed E-state index contributed by atoms with van der Waals surface area (Å²) in [6, 6.07) is 17.4. The molecule has 0 unspecified atom stereocenters. The third-order valence-corrected chi connectivity index (χ3v) is 6.17. The van der Waals surface area contributed by atoms with Gasteiger partial charge in [-0.2, -0.15) is 0 Å². The van der Waals surface area contributed by atoms with Gasteiger partial charge >= 0.3 is 0 Å². The third kappa shape index (κ3) is 7.10. The van der Waals surface area contributed by atoms with Gasteiger partial charge < -0.3 is 4.74 Å². The summed E-state index contributed by atoms with van der Waals surface area (Å²) in [6.07, 6.45) is 14.2. The van der Waals surface area contributed by atoms with Crippen LogP contribution in [0, 0.1) is 17.8 Å². The molecule has 0 saturated heterocycles. The summed E-state index contributed by atoms with van der Waals surface area (Å²) in [5.74, 6) is 8.79. The van der Waals surface area contributed by atoms with Crippen molar-refractivity contribution in [1.82, 2.24) is 0 Å². The van der Waals surface area contributed by atoms with Crippen molar-refractivity contribution >= 4 is 0 Å². The van der Waals surface area contributed by atoms with Crippen LogP contribution in [0.5, 0.6) is 5.75 Å². The SMILES string of the molecule is CCCCCOc1ccc(C#C/C=C/C2CCC(c3ccc(CC)cc3)CC2)cc1. The standard InChI is InChI=1S/C29H36O/c1-3-5-8-23-30-29-21-15-26(16-22-29)10-7-6-9-25-13-19-28(20-14-25)27-17-11-24(4-2)12-18-27/h6,9,11-12,15-18,21-22,25,28H,3-5,8,13-14,19-20,23H2,1-2H3/b9-6+. The normalized spacial score (nSPS) is 18.7. The molecule has 0 atom stereocenters. The highest BCUT2D eigenvalue weighted by Crippen LogP contribution is 2.36. The summed E-state index contributed by atoms with van der Waals surface area (Å²) in [7, 11) is 0. The Balaban J connectivity index is 1.41. The molecule has 158 valence electrons.